The zero-order valence-corrected chi connectivity index (χ0v) is 11.7. The van der Waals surface area contributed by atoms with Gasteiger partial charge >= 0.3 is 5.97 Å². The van der Waals surface area contributed by atoms with Crippen molar-refractivity contribution in [3.8, 4) is 0 Å². The Bertz CT molecular complexity index is 572. The average Bonchev–Trinajstić information content (AvgIpc) is 3.36. The van der Waals surface area contributed by atoms with Gasteiger partial charge in [0.1, 0.15) is 5.69 Å². The van der Waals surface area contributed by atoms with Gasteiger partial charge in [-0.15, -0.1) is 0 Å². The lowest BCUT2D eigenvalue weighted by molar-refractivity contribution is -0.131. The Labute approximate surface area is 123 Å². The molecule has 0 aromatic carbocycles. The molecule has 1 aromatic rings. The Kier molecular flexibility index (Phi) is 3.73. The number of nitrogens with zero attached hydrogens (tertiary/aromatic N) is 2. The summed E-state index contributed by atoms with van der Waals surface area (Å²) in [6.45, 7) is 0.853. The fraction of sp³-hybridized carbons (Fsp3) is 0.438. The third kappa shape index (κ3) is 3.68. The molecule has 2 saturated carbocycles. The molecule has 2 aliphatic carbocycles. The molecule has 0 radical (unpaired) electrons. The second kappa shape index (κ2) is 5.68. The molecule has 3 rings (SSSR count). The second-order valence-electron chi connectivity index (χ2n) is 5.78. The van der Waals surface area contributed by atoms with Gasteiger partial charge in [-0.2, -0.15) is 0 Å². The molecule has 2 aliphatic rings. The third-order valence-electron chi connectivity index (χ3n) is 3.82. The van der Waals surface area contributed by atoms with Crippen LogP contribution in [0, 0.1) is 5.92 Å². The van der Waals surface area contributed by atoms with Crippen molar-refractivity contribution < 1.29 is 14.7 Å². The van der Waals surface area contributed by atoms with E-state index >= 15 is 0 Å². The molecule has 5 heteroatoms. The quantitative estimate of drug-likeness (QED) is 0.814. The van der Waals surface area contributed by atoms with Gasteiger partial charge in [-0.25, -0.2) is 4.79 Å². The SMILES string of the molecule is O=C(O)C=Cc1ccc(C(=O)N(CC2CC2)C2CC2)nc1. The number of aliphatic carboxylic acids is 1. The Balaban J connectivity index is 1.69. The van der Waals surface area contributed by atoms with E-state index in [4.69, 9.17) is 5.11 Å². The number of hydrogen-bond donors (Lipinski definition) is 1. The summed E-state index contributed by atoms with van der Waals surface area (Å²) < 4.78 is 0. The molecule has 110 valence electrons. The maximum atomic E-state index is 12.5. The molecule has 5 nitrogen and oxygen atoms in total. The highest BCUT2D eigenvalue weighted by Gasteiger charge is 2.37. The highest BCUT2D eigenvalue weighted by Crippen LogP contribution is 2.35. The lowest BCUT2D eigenvalue weighted by Gasteiger charge is -2.21. The van der Waals surface area contributed by atoms with Crippen LogP contribution < -0.4 is 0 Å². The minimum atomic E-state index is -1.00. The van der Waals surface area contributed by atoms with Crippen LogP contribution in [-0.2, 0) is 4.79 Å². The number of rotatable bonds is 6. The molecular weight excluding hydrogens is 268 g/mol. The summed E-state index contributed by atoms with van der Waals surface area (Å²) in [6.07, 6.45) is 8.70. The summed E-state index contributed by atoms with van der Waals surface area (Å²) in [6, 6.07) is 3.79. The molecule has 0 spiro atoms. The Hall–Kier alpha value is -2.17. The maximum absolute atomic E-state index is 12.5. The van der Waals surface area contributed by atoms with Crippen molar-refractivity contribution in [2.24, 2.45) is 5.92 Å². The predicted molar refractivity (Wildman–Crippen MR) is 77.7 cm³/mol. The number of aromatic nitrogens is 1. The Morgan fingerprint density at radius 2 is 2.05 bits per heavy atom. The molecule has 1 heterocycles. The first-order valence-corrected chi connectivity index (χ1v) is 7.31. The summed E-state index contributed by atoms with van der Waals surface area (Å²) in [5.41, 5.74) is 1.11. The molecule has 0 atom stereocenters. The van der Waals surface area contributed by atoms with Crippen LogP contribution in [0.1, 0.15) is 41.7 Å². The standard InChI is InChI=1S/C16H18N2O3/c19-15(20)8-4-11-3-7-14(17-9-11)16(21)18(13-5-6-13)10-12-1-2-12/h3-4,7-9,12-13H,1-2,5-6,10H2,(H,19,20). The van der Waals surface area contributed by atoms with E-state index in [0.717, 1.165) is 25.5 Å². The van der Waals surface area contributed by atoms with Crippen molar-refractivity contribution in [1.82, 2.24) is 9.88 Å². The van der Waals surface area contributed by atoms with Crippen molar-refractivity contribution in [1.29, 1.82) is 0 Å². The average molecular weight is 286 g/mol. The summed E-state index contributed by atoms with van der Waals surface area (Å²) in [5.74, 6) is -0.329. The molecule has 1 N–H and O–H groups in total. The van der Waals surface area contributed by atoms with Crippen LogP contribution in [0.15, 0.2) is 24.4 Å². The van der Waals surface area contributed by atoms with E-state index in [2.05, 4.69) is 4.98 Å². The topological polar surface area (TPSA) is 70.5 Å². The molecule has 0 unspecified atom stereocenters. The number of carbonyl (C=O) groups excluding carboxylic acids is 1. The number of hydrogen-bond acceptors (Lipinski definition) is 3. The van der Waals surface area contributed by atoms with Crippen molar-refractivity contribution >= 4 is 18.0 Å². The van der Waals surface area contributed by atoms with Crippen LogP contribution >= 0.6 is 0 Å². The highest BCUT2D eigenvalue weighted by atomic mass is 16.4. The molecule has 0 bridgehead atoms. The van der Waals surface area contributed by atoms with Crippen LogP contribution in [-0.4, -0.2) is 39.5 Å². The van der Waals surface area contributed by atoms with Gasteiger partial charge in [-0.05, 0) is 49.3 Å². The van der Waals surface area contributed by atoms with Crippen LogP contribution in [0.5, 0.6) is 0 Å². The van der Waals surface area contributed by atoms with Crippen molar-refractivity contribution in [2.75, 3.05) is 6.54 Å². The molecule has 0 saturated heterocycles. The van der Waals surface area contributed by atoms with Crippen molar-refractivity contribution in [3.05, 3.63) is 35.7 Å². The molecular formula is C16H18N2O3. The predicted octanol–water partition coefficient (Wildman–Crippen LogP) is 2.19. The third-order valence-corrected chi connectivity index (χ3v) is 3.82. The first-order chi connectivity index (χ1) is 10.1. The number of amides is 1. The van der Waals surface area contributed by atoms with Gasteiger partial charge in [0.15, 0.2) is 0 Å². The zero-order chi connectivity index (χ0) is 14.8. The van der Waals surface area contributed by atoms with Gasteiger partial charge < -0.3 is 10.0 Å². The molecule has 2 fully saturated rings. The summed E-state index contributed by atoms with van der Waals surface area (Å²) in [7, 11) is 0. The highest BCUT2D eigenvalue weighted by molar-refractivity contribution is 5.93. The van der Waals surface area contributed by atoms with E-state index < -0.39 is 5.97 Å². The van der Waals surface area contributed by atoms with Gasteiger partial charge in [-0.1, -0.05) is 6.07 Å². The van der Waals surface area contributed by atoms with Gasteiger partial charge in [0.2, 0.25) is 0 Å². The number of carboxylic acid groups (broad SMARTS) is 1. The van der Waals surface area contributed by atoms with E-state index in [-0.39, 0.29) is 5.91 Å². The largest absolute Gasteiger partial charge is 0.478 e. The van der Waals surface area contributed by atoms with E-state index in [9.17, 15) is 9.59 Å². The minimum absolute atomic E-state index is 0.00170. The van der Waals surface area contributed by atoms with E-state index in [1.54, 1.807) is 12.1 Å². The Morgan fingerprint density at radius 3 is 2.57 bits per heavy atom. The summed E-state index contributed by atoms with van der Waals surface area (Å²) in [4.78, 5) is 29.1. The van der Waals surface area contributed by atoms with Crippen LogP contribution in [0.2, 0.25) is 0 Å². The smallest absolute Gasteiger partial charge is 0.328 e. The first-order valence-electron chi connectivity index (χ1n) is 7.31. The van der Waals surface area contributed by atoms with E-state index in [0.29, 0.717) is 23.2 Å². The number of pyridine rings is 1. The molecule has 1 amide bonds. The van der Waals surface area contributed by atoms with E-state index in [1.165, 1.54) is 25.1 Å². The lowest BCUT2D eigenvalue weighted by Crippen LogP contribution is -2.35. The van der Waals surface area contributed by atoms with Gasteiger partial charge in [0.05, 0.1) is 0 Å². The first kappa shape index (κ1) is 13.8. The van der Waals surface area contributed by atoms with Crippen molar-refractivity contribution in [3.63, 3.8) is 0 Å². The van der Waals surface area contributed by atoms with Crippen LogP contribution in [0.4, 0.5) is 0 Å². The van der Waals surface area contributed by atoms with Gasteiger partial charge in [0.25, 0.3) is 5.91 Å². The normalized spacial score (nSPS) is 17.9. The van der Waals surface area contributed by atoms with Crippen molar-refractivity contribution in [2.45, 2.75) is 31.7 Å². The summed E-state index contributed by atoms with van der Waals surface area (Å²) in [5, 5.41) is 8.58. The number of carbonyl (C=O) groups is 2. The molecule has 0 aliphatic heterocycles. The van der Waals surface area contributed by atoms with Gasteiger partial charge in [-0.3, -0.25) is 9.78 Å². The van der Waals surface area contributed by atoms with E-state index in [1.807, 2.05) is 4.90 Å². The van der Waals surface area contributed by atoms with Crippen LogP contribution in [0.3, 0.4) is 0 Å². The fourth-order valence-corrected chi connectivity index (χ4v) is 2.31. The molecule has 1 aromatic heterocycles. The van der Waals surface area contributed by atoms with Crippen LogP contribution in [0.25, 0.3) is 6.08 Å². The second-order valence-corrected chi connectivity index (χ2v) is 5.78. The lowest BCUT2D eigenvalue weighted by atomic mass is 10.2. The molecule has 21 heavy (non-hydrogen) atoms. The fourth-order valence-electron chi connectivity index (χ4n) is 2.31. The minimum Gasteiger partial charge on any atom is -0.478 e. The van der Waals surface area contributed by atoms with Gasteiger partial charge in [0, 0.05) is 24.9 Å². The maximum Gasteiger partial charge on any atom is 0.328 e. The Morgan fingerprint density at radius 1 is 1.29 bits per heavy atom. The number of carboxylic acids is 1. The monoisotopic (exact) mass is 286 g/mol. The summed E-state index contributed by atoms with van der Waals surface area (Å²) >= 11 is 0. The zero-order valence-electron chi connectivity index (χ0n) is 11.7.